The molecule has 2 aromatic carbocycles. The van der Waals surface area contributed by atoms with Crippen LogP contribution < -0.4 is 14.9 Å². The van der Waals surface area contributed by atoms with Gasteiger partial charge < -0.3 is 9.47 Å². The van der Waals surface area contributed by atoms with Crippen molar-refractivity contribution in [2.24, 2.45) is 5.10 Å². The van der Waals surface area contributed by atoms with Crippen molar-refractivity contribution in [3.8, 4) is 11.5 Å². The lowest BCUT2D eigenvalue weighted by Gasteiger charge is -2.24. The highest BCUT2D eigenvalue weighted by atomic mass is 19.1. The number of fused-ring (bicyclic) bond motifs is 1. The zero-order valence-electron chi connectivity index (χ0n) is 11.5. The summed E-state index contributed by atoms with van der Waals surface area (Å²) in [5.74, 6) is 0.401. The van der Waals surface area contributed by atoms with Gasteiger partial charge in [0.05, 0.1) is 6.21 Å². The van der Waals surface area contributed by atoms with Gasteiger partial charge in [-0.3, -0.25) is 4.79 Å². The maximum Gasteiger partial charge on any atom is 0.284 e. The molecule has 1 aliphatic heterocycles. The fraction of sp³-hybridized carbons (Fsp3) is 0.125. The Morgan fingerprint density at radius 2 is 1.91 bits per heavy atom. The molecule has 5 nitrogen and oxygen atoms in total. The standard InChI is InChI=1S/C16H13FN2O3/c17-12-7-5-11(6-8-12)9-18-19-16(20)15-10-21-13-3-1-2-4-14(13)22-15/h1-9,15H,10H2,(H,19,20)/b18-9+. The number of carbonyl (C=O) groups excluding carboxylic acids is 1. The third kappa shape index (κ3) is 3.22. The first-order valence-electron chi connectivity index (χ1n) is 6.69. The molecule has 6 heteroatoms. The molecule has 1 unspecified atom stereocenters. The number of nitrogens with zero attached hydrogens (tertiary/aromatic N) is 1. The van der Waals surface area contributed by atoms with Crippen LogP contribution in [0.3, 0.4) is 0 Å². The number of para-hydroxylation sites is 2. The van der Waals surface area contributed by atoms with Crippen molar-refractivity contribution in [2.45, 2.75) is 6.10 Å². The lowest BCUT2D eigenvalue weighted by Crippen LogP contribution is -2.42. The minimum atomic E-state index is -0.764. The van der Waals surface area contributed by atoms with Crippen molar-refractivity contribution < 1.29 is 18.7 Å². The lowest BCUT2D eigenvalue weighted by atomic mass is 10.2. The molecule has 0 radical (unpaired) electrons. The van der Waals surface area contributed by atoms with Gasteiger partial charge in [0.1, 0.15) is 12.4 Å². The van der Waals surface area contributed by atoms with Crippen molar-refractivity contribution >= 4 is 12.1 Å². The first-order chi connectivity index (χ1) is 10.7. The Balaban J connectivity index is 1.58. The van der Waals surface area contributed by atoms with Crippen LogP contribution in [0.5, 0.6) is 11.5 Å². The number of hydrogen-bond acceptors (Lipinski definition) is 4. The Bertz CT molecular complexity index is 701. The third-order valence-electron chi connectivity index (χ3n) is 3.06. The Kier molecular flexibility index (Phi) is 4.00. The van der Waals surface area contributed by atoms with Gasteiger partial charge in [0.25, 0.3) is 5.91 Å². The molecule has 0 bridgehead atoms. The zero-order chi connectivity index (χ0) is 15.4. The number of carbonyl (C=O) groups is 1. The molecule has 112 valence electrons. The minimum Gasteiger partial charge on any atom is -0.485 e. The second-order valence-electron chi connectivity index (χ2n) is 4.65. The summed E-state index contributed by atoms with van der Waals surface area (Å²) in [5.41, 5.74) is 3.05. The lowest BCUT2D eigenvalue weighted by molar-refractivity contribution is -0.130. The van der Waals surface area contributed by atoms with Crippen molar-refractivity contribution in [2.75, 3.05) is 6.61 Å². The van der Waals surface area contributed by atoms with E-state index in [0.717, 1.165) is 0 Å². The van der Waals surface area contributed by atoms with E-state index in [9.17, 15) is 9.18 Å². The molecule has 1 atom stereocenters. The van der Waals surface area contributed by atoms with E-state index >= 15 is 0 Å². The smallest absolute Gasteiger partial charge is 0.284 e. The summed E-state index contributed by atoms with van der Waals surface area (Å²) in [6.07, 6.45) is 0.662. The van der Waals surface area contributed by atoms with Crippen LogP contribution in [0.4, 0.5) is 4.39 Å². The topological polar surface area (TPSA) is 59.9 Å². The Morgan fingerprint density at radius 3 is 2.68 bits per heavy atom. The van der Waals surface area contributed by atoms with E-state index in [1.54, 1.807) is 30.3 Å². The van der Waals surface area contributed by atoms with Crippen molar-refractivity contribution in [3.05, 3.63) is 59.9 Å². The van der Waals surface area contributed by atoms with Crippen LogP contribution >= 0.6 is 0 Å². The zero-order valence-corrected chi connectivity index (χ0v) is 11.5. The van der Waals surface area contributed by atoms with Crippen LogP contribution in [-0.2, 0) is 4.79 Å². The molecule has 1 aliphatic rings. The third-order valence-corrected chi connectivity index (χ3v) is 3.06. The number of ether oxygens (including phenoxy) is 2. The van der Waals surface area contributed by atoms with Gasteiger partial charge in [0, 0.05) is 0 Å². The molecule has 0 aromatic heterocycles. The predicted molar refractivity (Wildman–Crippen MR) is 78.5 cm³/mol. The van der Waals surface area contributed by atoms with Gasteiger partial charge in [-0.15, -0.1) is 0 Å². The van der Waals surface area contributed by atoms with E-state index in [1.807, 2.05) is 6.07 Å². The number of benzene rings is 2. The SMILES string of the molecule is O=C(N/N=C/c1ccc(F)cc1)C1COc2ccccc2O1. The summed E-state index contributed by atoms with van der Waals surface area (Å²) in [6, 6.07) is 12.9. The Labute approximate surface area is 126 Å². The van der Waals surface area contributed by atoms with E-state index in [0.29, 0.717) is 17.1 Å². The predicted octanol–water partition coefficient (Wildman–Crippen LogP) is 2.12. The second kappa shape index (κ2) is 6.26. The number of halogens is 1. The maximum atomic E-state index is 12.8. The van der Waals surface area contributed by atoms with Crippen LogP contribution in [0.15, 0.2) is 53.6 Å². The van der Waals surface area contributed by atoms with E-state index in [4.69, 9.17) is 9.47 Å². The number of amides is 1. The van der Waals surface area contributed by atoms with Crippen LogP contribution in [0.2, 0.25) is 0 Å². The molecule has 3 rings (SSSR count). The van der Waals surface area contributed by atoms with Crippen LogP contribution in [0, 0.1) is 5.82 Å². The van der Waals surface area contributed by atoms with E-state index in [1.165, 1.54) is 18.3 Å². The van der Waals surface area contributed by atoms with E-state index in [2.05, 4.69) is 10.5 Å². The number of hydrogen-bond donors (Lipinski definition) is 1. The highest BCUT2D eigenvalue weighted by Gasteiger charge is 2.26. The first-order valence-corrected chi connectivity index (χ1v) is 6.69. The van der Waals surface area contributed by atoms with E-state index < -0.39 is 12.0 Å². The summed E-state index contributed by atoms with van der Waals surface area (Å²) in [4.78, 5) is 12.0. The fourth-order valence-electron chi connectivity index (χ4n) is 1.94. The monoisotopic (exact) mass is 300 g/mol. The molecular weight excluding hydrogens is 287 g/mol. The van der Waals surface area contributed by atoms with Crippen LogP contribution in [0.25, 0.3) is 0 Å². The highest BCUT2D eigenvalue weighted by Crippen LogP contribution is 2.30. The fourth-order valence-corrected chi connectivity index (χ4v) is 1.94. The van der Waals surface area contributed by atoms with Gasteiger partial charge >= 0.3 is 0 Å². The van der Waals surface area contributed by atoms with Crippen molar-refractivity contribution in [1.29, 1.82) is 0 Å². The van der Waals surface area contributed by atoms with Crippen molar-refractivity contribution in [3.63, 3.8) is 0 Å². The molecule has 0 saturated heterocycles. The van der Waals surface area contributed by atoms with Crippen molar-refractivity contribution in [1.82, 2.24) is 5.43 Å². The Hall–Kier alpha value is -2.89. The number of hydrazone groups is 1. The molecule has 0 spiro atoms. The average molecular weight is 300 g/mol. The summed E-state index contributed by atoms with van der Waals surface area (Å²) < 4.78 is 23.8. The average Bonchev–Trinajstić information content (AvgIpc) is 2.56. The number of nitrogens with one attached hydrogen (secondary N) is 1. The van der Waals surface area contributed by atoms with Gasteiger partial charge in [-0.05, 0) is 29.8 Å². The van der Waals surface area contributed by atoms with Crippen LogP contribution in [-0.4, -0.2) is 24.8 Å². The van der Waals surface area contributed by atoms with Gasteiger partial charge in [-0.25, -0.2) is 9.82 Å². The molecule has 1 heterocycles. The Morgan fingerprint density at radius 1 is 1.18 bits per heavy atom. The normalized spacial score (nSPS) is 16.5. The summed E-state index contributed by atoms with van der Waals surface area (Å²) in [7, 11) is 0. The first kappa shape index (κ1) is 14.1. The largest absolute Gasteiger partial charge is 0.485 e. The van der Waals surface area contributed by atoms with Gasteiger partial charge in [0.2, 0.25) is 6.10 Å². The van der Waals surface area contributed by atoms with E-state index in [-0.39, 0.29) is 12.4 Å². The maximum absolute atomic E-state index is 12.8. The summed E-state index contributed by atoms with van der Waals surface area (Å²) in [5, 5.41) is 3.82. The molecule has 22 heavy (non-hydrogen) atoms. The summed E-state index contributed by atoms with van der Waals surface area (Å²) in [6.45, 7) is 0.120. The highest BCUT2D eigenvalue weighted by molar-refractivity contribution is 5.84. The summed E-state index contributed by atoms with van der Waals surface area (Å²) >= 11 is 0. The molecule has 0 fully saturated rings. The number of rotatable bonds is 3. The van der Waals surface area contributed by atoms with Gasteiger partial charge in [-0.2, -0.15) is 5.10 Å². The molecule has 2 aromatic rings. The van der Waals surface area contributed by atoms with Crippen LogP contribution in [0.1, 0.15) is 5.56 Å². The molecule has 1 amide bonds. The molecule has 0 saturated carbocycles. The molecule has 0 aliphatic carbocycles. The van der Waals surface area contributed by atoms with Gasteiger partial charge in [0.15, 0.2) is 11.5 Å². The van der Waals surface area contributed by atoms with Gasteiger partial charge in [-0.1, -0.05) is 24.3 Å². The quantitative estimate of drug-likeness (QED) is 0.697. The molecular formula is C16H13FN2O3. The molecule has 1 N–H and O–H groups in total. The minimum absolute atomic E-state index is 0.120. The second-order valence-corrected chi connectivity index (χ2v) is 4.65.